The Balaban J connectivity index is 2.02. The Morgan fingerprint density at radius 3 is 2.84 bits per heavy atom. The first-order chi connectivity index (χ1) is 9.24. The second-order valence-electron chi connectivity index (χ2n) is 5.78. The number of carbonyl (C=O) groups excluding carboxylic acids is 1. The molecule has 1 fully saturated rings. The van der Waals surface area contributed by atoms with Crippen LogP contribution in [0.3, 0.4) is 0 Å². The minimum Gasteiger partial charge on any atom is -0.396 e. The second kappa shape index (κ2) is 10.2. The van der Waals surface area contributed by atoms with Gasteiger partial charge in [0.25, 0.3) is 0 Å². The number of rotatable bonds is 9. The number of aliphatic hydroxyl groups excluding tert-OH is 1. The summed E-state index contributed by atoms with van der Waals surface area (Å²) in [6.45, 7) is 5.44. The van der Waals surface area contributed by atoms with E-state index < -0.39 is 0 Å². The molecule has 1 aliphatic heterocycles. The number of hydrogen-bond acceptors (Lipinski definition) is 3. The normalized spacial score (nSPS) is 21.1. The van der Waals surface area contributed by atoms with Crippen LogP contribution in [0, 0.1) is 11.8 Å². The Bertz CT molecular complexity index is 240. The van der Waals surface area contributed by atoms with Gasteiger partial charge < -0.3 is 15.7 Å². The minimum atomic E-state index is 0.195. The van der Waals surface area contributed by atoms with Crippen molar-refractivity contribution >= 4 is 5.91 Å². The molecule has 4 heteroatoms. The van der Waals surface area contributed by atoms with Crippen molar-refractivity contribution in [3.8, 4) is 0 Å². The molecule has 0 spiro atoms. The topological polar surface area (TPSA) is 61.4 Å². The summed E-state index contributed by atoms with van der Waals surface area (Å²) < 4.78 is 0. The summed E-state index contributed by atoms with van der Waals surface area (Å²) in [5.74, 6) is 1.33. The zero-order valence-electron chi connectivity index (χ0n) is 12.3. The lowest BCUT2D eigenvalue weighted by Crippen LogP contribution is -2.35. The molecule has 0 aromatic carbocycles. The number of nitrogens with one attached hydrogen (secondary N) is 2. The molecule has 3 N–H and O–H groups in total. The number of carbonyl (C=O) groups is 1. The third kappa shape index (κ3) is 7.53. The van der Waals surface area contributed by atoms with Crippen LogP contribution in [0.15, 0.2) is 0 Å². The van der Waals surface area contributed by atoms with Crippen LogP contribution < -0.4 is 10.6 Å². The minimum absolute atomic E-state index is 0.195. The summed E-state index contributed by atoms with van der Waals surface area (Å²) in [6, 6.07) is 0. The lowest BCUT2D eigenvalue weighted by atomic mass is 9.85. The summed E-state index contributed by atoms with van der Waals surface area (Å²) in [6.07, 6.45) is 7.18. The molecule has 0 saturated carbocycles. The van der Waals surface area contributed by atoms with E-state index in [1.807, 2.05) is 0 Å². The highest BCUT2D eigenvalue weighted by atomic mass is 16.2. The molecule has 2 atom stereocenters. The van der Waals surface area contributed by atoms with Gasteiger partial charge in [0.2, 0.25) is 5.91 Å². The zero-order chi connectivity index (χ0) is 13.9. The zero-order valence-corrected chi connectivity index (χ0v) is 12.3. The third-order valence-electron chi connectivity index (χ3n) is 4.05. The van der Waals surface area contributed by atoms with Crippen molar-refractivity contribution < 1.29 is 9.90 Å². The number of piperidine rings is 1. The van der Waals surface area contributed by atoms with E-state index in [4.69, 9.17) is 5.11 Å². The second-order valence-corrected chi connectivity index (χ2v) is 5.78. The van der Waals surface area contributed by atoms with E-state index in [-0.39, 0.29) is 12.5 Å². The van der Waals surface area contributed by atoms with Gasteiger partial charge in [0.1, 0.15) is 0 Å². The van der Waals surface area contributed by atoms with Gasteiger partial charge in [-0.05, 0) is 50.6 Å². The summed E-state index contributed by atoms with van der Waals surface area (Å²) in [5.41, 5.74) is 0. The quantitative estimate of drug-likeness (QED) is 0.559. The number of hydrogen-bond donors (Lipinski definition) is 3. The average Bonchev–Trinajstić information content (AvgIpc) is 2.43. The van der Waals surface area contributed by atoms with Gasteiger partial charge >= 0.3 is 0 Å². The van der Waals surface area contributed by atoms with Crippen molar-refractivity contribution in [3.63, 3.8) is 0 Å². The van der Waals surface area contributed by atoms with E-state index in [9.17, 15) is 4.79 Å². The molecule has 0 radical (unpaired) electrons. The number of amides is 1. The highest BCUT2D eigenvalue weighted by Gasteiger charge is 2.21. The van der Waals surface area contributed by atoms with Gasteiger partial charge in [-0.15, -0.1) is 0 Å². The van der Waals surface area contributed by atoms with Crippen molar-refractivity contribution in [1.29, 1.82) is 0 Å². The van der Waals surface area contributed by atoms with Crippen LogP contribution in [0.25, 0.3) is 0 Å². The molecule has 0 bridgehead atoms. The highest BCUT2D eigenvalue weighted by Crippen LogP contribution is 2.22. The van der Waals surface area contributed by atoms with E-state index in [1.165, 1.54) is 12.8 Å². The van der Waals surface area contributed by atoms with E-state index in [0.29, 0.717) is 18.3 Å². The van der Waals surface area contributed by atoms with E-state index in [1.54, 1.807) is 0 Å². The molecule has 19 heavy (non-hydrogen) atoms. The van der Waals surface area contributed by atoms with Crippen LogP contribution in [0.1, 0.15) is 51.9 Å². The summed E-state index contributed by atoms with van der Waals surface area (Å²) in [7, 11) is 0. The first-order valence-corrected chi connectivity index (χ1v) is 7.82. The summed E-state index contributed by atoms with van der Waals surface area (Å²) >= 11 is 0. The summed E-state index contributed by atoms with van der Waals surface area (Å²) in [4.78, 5) is 11.8. The molecule has 0 aromatic heterocycles. The smallest absolute Gasteiger partial charge is 0.220 e. The molecule has 2 unspecified atom stereocenters. The van der Waals surface area contributed by atoms with Crippen LogP contribution >= 0.6 is 0 Å². The Hall–Kier alpha value is -0.610. The Kier molecular flexibility index (Phi) is 8.84. The molecular formula is C15H30N2O2. The first-order valence-electron chi connectivity index (χ1n) is 7.82. The maximum Gasteiger partial charge on any atom is 0.220 e. The van der Waals surface area contributed by atoms with Crippen LogP contribution in [0.2, 0.25) is 0 Å². The molecule has 1 saturated heterocycles. The molecule has 1 aliphatic rings. The van der Waals surface area contributed by atoms with Gasteiger partial charge in [0.15, 0.2) is 0 Å². The molecule has 1 amide bonds. The largest absolute Gasteiger partial charge is 0.396 e. The van der Waals surface area contributed by atoms with Crippen LogP contribution in [0.5, 0.6) is 0 Å². The SMILES string of the molecule is CC(CC(=O)NCCCCCCO)C1CCCNC1. The maximum atomic E-state index is 11.8. The van der Waals surface area contributed by atoms with Gasteiger partial charge in [0, 0.05) is 19.6 Å². The van der Waals surface area contributed by atoms with Crippen LogP contribution in [-0.4, -0.2) is 37.3 Å². The van der Waals surface area contributed by atoms with E-state index >= 15 is 0 Å². The third-order valence-corrected chi connectivity index (χ3v) is 4.05. The average molecular weight is 270 g/mol. The first kappa shape index (κ1) is 16.4. The van der Waals surface area contributed by atoms with Gasteiger partial charge in [0.05, 0.1) is 0 Å². The van der Waals surface area contributed by atoms with Crippen molar-refractivity contribution in [2.24, 2.45) is 11.8 Å². The van der Waals surface area contributed by atoms with E-state index in [0.717, 1.165) is 45.3 Å². The predicted molar refractivity (Wildman–Crippen MR) is 77.9 cm³/mol. The molecule has 112 valence electrons. The van der Waals surface area contributed by atoms with Crippen LogP contribution in [0.4, 0.5) is 0 Å². The fourth-order valence-corrected chi connectivity index (χ4v) is 2.71. The van der Waals surface area contributed by atoms with Crippen molar-refractivity contribution in [1.82, 2.24) is 10.6 Å². The molecule has 1 heterocycles. The molecule has 0 aliphatic carbocycles. The van der Waals surface area contributed by atoms with Gasteiger partial charge in [-0.3, -0.25) is 4.79 Å². The molecule has 4 nitrogen and oxygen atoms in total. The summed E-state index contributed by atoms with van der Waals surface area (Å²) in [5, 5.41) is 15.1. The molecule has 0 aromatic rings. The monoisotopic (exact) mass is 270 g/mol. The highest BCUT2D eigenvalue weighted by molar-refractivity contribution is 5.76. The number of unbranched alkanes of at least 4 members (excludes halogenated alkanes) is 3. The van der Waals surface area contributed by atoms with E-state index in [2.05, 4.69) is 17.6 Å². The maximum absolute atomic E-state index is 11.8. The van der Waals surface area contributed by atoms with Gasteiger partial charge in [-0.2, -0.15) is 0 Å². The fourth-order valence-electron chi connectivity index (χ4n) is 2.71. The molecule has 1 rings (SSSR count). The fraction of sp³-hybridized carbons (Fsp3) is 0.933. The van der Waals surface area contributed by atoms with Crippen molar-refractivity contribution in [2.45, 2.75) is 51.9 Å². The van der Waals surface area contributed by atoms with Gasteiger partial charge in [-0.1, -0.05) is 19.8 Å². The Labute approximate surface area is 117 Å². The Morgan fingerprint density at radius 1 is 1.37 bits per heavy atom. The van der Waals surface area contributed by atoms with Crippen molar-refractivity contribution in [3.05, 3.63) is 0 Å². The van der Waals surface area contributed by atoms with Crippen LogP contribution in [-0.2, 0) is 4.79 Å². The molecular weight excluding hydrogens is 240 g/mol. The lowest BCUT2D eigenvalue weighted by molar-refractivity contribution is -0.122. The standard InChI is InChI=1S/C15H30N2O2/c1-13(14-7-6-8-16-12-14)11-15(19)17-9-4-2-3-5-10-18/h13-14,16,18H,2-12H2,1H3,(H,17,19). The number of aliphatic hydroxyl groups is 1. The predicted octanol–water partition coefficient (Wildman–Crippen LogP) is 1.68. The Morgan fingerprint density at radius 2 is 2.16 bits per heavy atom. The van der Waals surface area contributed by atoms with Crippen molar-refractivity contribution in [2.75, 3.05) is 26.2 Å². The lowest BCUT2D eigenvalue weighted by Gasteiger charge is -2.28. The van der Waals surface area contributed by atoms with Gasteiger partial charge in [-0.25, -0.2) is 0 Å².